The molecular weight excluding hydrogens is 420 g/mol. The fourth-order valence-electron chi connectivity index (χ4n) is 4.69. The summed E-state index contributed by atoms with van der Waals surface area (Å²) in [6.45, 7) is 10.1. The lowest BCUT2D eigenvalue weighted by Gasteiger charge is -2.26. The molecule has 1 saturated carbocycles. The molecule has 0 spiro atoms. The SMILES string of the molecule is C=C1/C(=C\C=C(/CCCCCCC)c2cccc(CCCCCC(C)(C)O)c2)C[C@@H](O)C[C@H]1O. The van der Waals surface area contributed by atoms with Crippen molar-refractivity contribution in [2.75, 3.05) is 0 Å². The van der Waals surface area contributed by atoms with E-state index in [9.17, 15) is 15.3 Å². The van der Waals surface area contributed by atoms with Crippen LogP contribution in [0.4, 0.5) is 0 Å². The zero-order valence-electron chi connectivity index (χ0n) is 21.9. The fraction of sp³-hybridized carbons (Fsp3) is 0.613. The van der Waals surface area contributed by atoms with Gasteiger partial charge in [-0.2, -0.15) is 0 Å². The summed E-state index contributed by atoms with van der Waals surface area (Å²) in [5.74, 6) is 0. The third kappa shape index (κ3) is 10.7. The van der Waals surface area contributed by atoms with Gasteiger partial charge in [-0.15, -0.1) is 0 Å². The number of rotatable bonds is 14. The largest absolute Gasteiger partial charge is 0.393 e. The van der Waals surface area contributed by atoms with Gasteiger partial charge in [-0.05, 0) is 80.2 Å². The lowest BCUT2D eigenvalue weighted by Crippen LogP contribution is -2.26. The van der Waals surface area contributed by atoms with E-state index in [1.54, 1.807) is 0 Å². The molecule has 0 aliphatic heterocycles. The lowest BCUT2D eigenvalue weighted by molar-refractivity contribution is 0.0680. The van der Waals surface area contributed by atoms with Gasteiger partial charge in [-0.3, -0.25) is 0 Å². The molecule has 2 rings (SSSR count). The minimum absolute atomic E-state index is 0.377. The number of hydrogen-bond acceptors (Lipinski definition) is 3. The Morgan fingerprint density at radius 2 is 1.79 bits per heavy atom. The second kappa shape index (κ2) is 14.7. The third-order valence-corrected chi connectivity index (χ3v) is 6.85. The Kier molecular flexibility index (Phi) is 12.3. The van der Waals surface area contributed by atoms with Crippen LogP contribution in [0, 0.1) is 0 Å². The van der Waals surface area contributed by atoms with Gasteiger partial charge < -0.3 is 15.3 Å². The van der Waals surface area contributed by atoms with E-state index in [4.69, 9.17) is 0 Å². The van der Waals surface area contributed by atoms with Crippen LogP contribution in [0.2, 0.25) is 0 Å². The molecule has 3 nitrogen and oxygen atoms in total. The van der Waals surface area contributed by atoms with Gasteiger partial charge in [0.05, 0.1) is 17.8 Å². The van der Waals surface area contributed by atoms with E-state index < -0.39 is 17.8 Å². The van der Waals surface area contributed by atoms with Gasteiger partial charge in [0.1, 0.15) is 0 Å². The third-order valence-electron chi connectivity index (χ3n) is 6.85. The molecule has 1 aromatic carbocycles. The van der Waals surface area contributed by atoms with Crippen molar-refractivity contribution < 1.29 is 15.3 Å². The Bertz CT molecular complexity index is 812. The highest BCUT2D eigenvalue weighted by molar-refractivity contribution is 5.68. The monoisotopic (exact) mass is 468 g/mol. The molecular formula is C31H48O3. The first-order valence-electron chi connectivity index (χ1n) is 13.5. The van der Waals surface area contributed by atoms with Crippen molar-refractivity contribution in [2.24, 2.45) is 0 Å². The first-order valence-corrected chi connectivity index (χ1v) is 13.5. The molecule has 1 fully saturated rings. The Labute approximate surface area is 208 Å². The second-order valence-corrected chi connectivity index (χ2v) is 10.8. The van der Waals surface area contributed by atoms with Crippen molar-refractivity contribution in [1.29, 1.82) is 0 Å². The number of aliphatic hydroxyl groups excluding tert-OH is 2. The summed E-state index contributed by atoms with van der Waals surface area (Å²) in [5, 5.41) is 30.2. The van der Waals surface area contributed by atoms with Gasteiger partial charge in [0, 0.05) is 6.42 Å². The minimum Gasteiger partial charge on any atom is -0.393 e. The number of aryl methyl sites for hydroxylation is 1. The summed E-state index contributed by atoms with van der Waals surface area (Å²) in [6.07, 6.45) is 16.5. The summed E-state index contributed by atoms with van der Waals surface area (Å²) >= 11 is 0. The lowest BCUT2D eigenvalue weighted by atomic mass is 9.85. The smallest absolute Gasteiger partial charge is 0.0811 e. The van der Waals surface area contributed by atoms with Crippen LogP contribution in [0.1, 0.15) is 109 Å². The predicted octanol–water partition coefficient (Wildman–Crippen LogP) is 7.30. The topological polar surface area (TPSA) is 60.7 Å². The van der Waals surface area contributed by atoms with E-state index in [-0.39, 0.29) is 0 Å². The summed E-state index contributed by atoms with van der Waals surface area (Å²) in [4.78, 5) is 0. The molecule has 3 N–H and O–H groups in total. The van der Waals surface area contributed by atoms with E-state index in [1.165, 1.54) is 48.8 Å². The number of aliphatic hydroxyl groups is 3. The van der Waals surface area contributed by atoms with Crippen molar-refractivity contribution in [2.45, 2.75) is 122 Å². The van der Waals surface area contributed by atoms with Crippen LogP contribution in [0.25, 0.3) is 5.57 Å². The molecule has 0 saturated heterocycles. The predicted molar refractivity (Wildman–Crippen MR) is 145 cm³/mol. The number of allylic oxidation sites excluding steroid dienone is 3. The summed E-state index contributed by atoms with van der Waals surface area (Å²) in [7, 11) is 0. The number of hydrogen-bond donors (Lipinski definition) is 3. The molecule has 1 aliphatic rings. The van der Waals surface area contributed by atoms with Crippen LogP contribution in [0.5, 0.6) is 0 Å². The minimum atomic E-state index is -0.652. The van der Waals surface area contributed by atoms with Gasteiger partial charge >= 0.3 is 0 Å². The standard InChI is InChI=1S/C31H48O3/c1-5-6-7-8-11-16-26(18-19-27-22-29(32)23-30(33)24(27)2)28-17-13-15-25(21-28)14-10-9-12-20-31(3,4)34/h13,15,17-19,21,29-30,32-34H,2,5-12,14,16,20,22-23H2,1,3-4H3/b26-18+,27-19-/t29-,30-/m1/s1. The zero-order valence-corrected chi connectivity index (χ0v) is 21.9. The van der Waals surface area contributed by atoms with Crippen LogP contribution in [-0.4, -0.2) is 33.1 Å². The van der Waals surface area contributed by atoms with Crippen LogP contribution in [0.15, 0.2) is 54.1 Å². The van der Waals surface area contributed by atoms with E-state index in [0.717, 1.165) is 49.7 Å². The van der Waals surface area contributed by atoms with E-state index in [2.05, 4.69) is 49.9 Å². The molecule has 0 unspecified atom stereocenters. The quantitative estimate of drug-likeness (QED) is 0.251. The summed E-state index contributed by atoms with van der Waals surface area (Å²) < 4.78 is 0. The van der Waals surface area contributed by atoms with Crippen molar-refractivity contribution >= 4 is 5.57 Å². The van der Waals surface area contributed by atoms with Crippen molar-refractivity contribution in [3.05, 3.63) is 65.3 Å². The van der Waals surface area contributed by atoms with Crippen LogP contribution in [-0.2, 0) is 6.42 Å². The average Bonchev–Trinajstić information content (AvgIpc) is 2.78. The number of unbranched alkanes of at least 4 members (excludes halogenated alkanes) is 6. The van der Waals surface area contributed by atoms with E-state index in [1.807, 2.05) is 13.8 Å². The van der Waals surface area contributed by atoms with Gasteiger partial charge in [0.15, 0.2) is 0 Å². The highest BCUT2D eigenvalue weighted by Crippen LogP contribution is 2.30. The number of benzene rings is 1. The average molecular weight is 469 g/mol. The van der Waals surface area contributed by atoms with Gasteiger partial charge in [-0.25, -0.2) is 0 Å². The van der Waals surface area contributed by atoms with Crippen molar-refractivity contribution in [3.8, 4) is 0 Å². The molecule has 190 valence electrons. The molecule has 2 atom stereocenters. The van der Waals surface area contributed by atoms with Crippen LogP contribution in [0.3, 0.4) is 0 Å². The van der Waals surface area contributed by atoms with Gasteiger partial charge in [0.25, 0.3) is 0 Å². The first kappa shape index (κ1) is 28.6. The first-order chi connectivity index (χ1) is 16.2. The molecule has 0 heterocycles. The second-order valence-electron chi connectivity index (χ2n) is 10.8. The molecule has 0 bridgehead atoms. The van der Waals surface area contributed by atoms with Crippen molar-refractivity contribution in [3.63, 3.8) is 0 Å². The fourth-order valence-corrected chi connectivity index (χ4v) is 4.69. The molecule has 34 heavy (non-hydrogen) atoms. The molecule has 0 radical (unpaired) electrons. The van der Waals surface area contributed by atoms with Crippen LogP contribution >= 0.6 is 0 Å². The Morgan fingerprint density at radius 3 is 2.53 bits per heavy atom. The van der Waals surface area contributed by atoms with Crippen molar-refractivity contribution in [1.82, 2.24) is 0 Å². The molecule has 3 heteroatoms. The highest BCUT2D eigenvalue weighted by Gasteiger charge is 2.24. The highest BCUT2D eigenvalue weighted by atomic mass is 16.3. The summed E-state index contributed by atoms with van der Waals surface area (Å²) in [5.41, 5.74) is 5.07. The Hall–Kier alpha value is -1.68. The zero-order chi connectivity index (χ0) is 25.0. The maximum absolute atomic E-state index is 10.2. The summed E-state index contributed by atoms with van der Waals surface area (Å²) in [6, 6.07) is 8.90. The maximum Gasteiger partial charge on any atom is 0.0811 e. The van der Waals surface area contributed by atoms with Gasteiger partial charge in [-0.1, -0.05) is 88.4 Å². The Morgan fingerprint density at radius 1 is 1.06 bits per heavy atom. The molecule has 0 amide bonds. The van der Waals surface area contributed by atoms with E-state index in [0.29, 0.717) is 12.8 Å². The van der Waals surface area contributed by atoms with Crippen LogP contribution < -0.4 is 0 Å². The Balaban J connectivity index is 2.10. The van der Waals surface area contributed by atoms with E-state index >= 15 is 0 Å². The van der Waals surface area contributed by atoms with Gasteiger partial charge in [0.2, 0.25) is 0 Å². The maximum atomic E-state index is 10.2. The molecule has 1 aliphatic carbocycles. The molecule has 0 aromatic heterocycles. The normalized spacial score (nSPS) is 20.8. The molecule has 1 aromatic rings.